The summed E-state index contributed by atoms with van der Waals surface area (Å²) < 4.78 is 5.41. The quantitative estimate of drug-likeness (QED) is 0.238. The highest BCUT2D eigenvalue weighted by molar-refractivity contribution is 6.24. The molecule has 12 heteroatoms. The predicted octanol–water partition coefficient (Wildman–Crippen LogP) is 1.33. The maximum atomic E-state index is 14.1. The summed E-state index contributed by atoms with van der Waals surface area (Å²) in [5.41, 5.74) is 4.45. The summed E-state index contributed by atoms with van der Waals surface area (Å²) in [4.78, 5) is 43.0. The van der Waals surface area contributed by atoms with Crippen molar-refractivity contribution in [2.24, 2.45) is 17.6 Å². The fourth-order valence-electron chi connectivity index (χ4n) is 7.06. The number of carbonyl (C=O) groups excluding carboxylic acids is 3. The van der Waals surface area contributed by atoms with E-state index in [1.165, 1.54) is 4.90 Å². The average Bonchev–Trinajstić information content (AvgIpc) is 2.95. The monoisotopic (exact) mass is 606 g/mol. The number of para-hydroxylation sites is 1. The number of carbonyl (C=O) groups is 3. The zero-order valence-corrected chi connectivity index (χ0v) is 25.3. The number of nitrogens with two attached hydrogens (primary N) is 1. The van der Waals surface area contributed by atoms with Crippen LogP contribution >= 0.6 is 0 Å². The number of phenols is 1. The van der Waals surface area contributed by atoms with Crippen molar-refractivity contribution in [3.8, 4) is 11.5 Å². The number of benzene rings is 2. The molecule has 234 valence electrons. The van der Waals surface area contributed by atoms with Gasteiger partial charge in [-0.1, -0.05) is 18.2 Å². The van der Waals surface area contributed by atoms with Gasteiger partial charge in [-0.2, -0.15) is 0 Å². The van der Waals surface area contributed by atoms with E-state index in [4.69, 9.17) is 10.5 Å². The molecule has 0 heterocycles. The number of methoxy groups -OCH3 is 1. The summed E-state index contributed by atoms with van der Waals surface area (Å²) in [6, 6.07) is 8.21. The maximum absolute atomic E-state index is 14.1. The highest BCUT2D eigenvalue weighted by Gasteiger charge is 2.64. The number of phenolic OH excluding ortho intramolecular Hbond substituents is 1. The molecule has 0 aromatic heterocycles. The van der Waals surface area contributed by atoms with Crippen LogP contribution in [0.3, 0.4) is 0 Å². The molecule has 3 aliphatic carbocycles. The molecule has 12 nitrogen and oxygen atoms in total. The minimum Gasteiger partial charge on any atom is -0.508 e. The van der Waals surface area contributed by atoms with Crippen LogP contribution < -0.4 is 20.7 Å². The van der Waals surface area contributed by atoms with Crippen molar-refractivity contribution in [1.82, 2.24) is 10.2 Å². The Morgan fingerprint density at radius 3 is 2.36 bits per heavy atom. The van der Waals surface area contributed by atoms with Gasteiger partial charge >= 0.3 is 0 Å². The molecular weight excluding hydrogens is 568 g/mol. The van der Waals surface area contributed by atoms with Gasteiger partial charge in [0, 0.05) is 55.5 Å². The Labute approximate surface area is 255 Å². The lowest BCUT2D eigenvalue weighted by Gasteiger charge is -2.50. The van der Waals surface area contributed by atoms with Crippen LogP contribution in [-0.2, 0) is 33.9 Å². The first kappa shape index (κ1) is 31.0. The Balaban J connectivity index is 1.61. The van der Waals surface area contributed by atoms with Gasteiger partial charge in [0.2, 0.25) is 5.78 Å². The van der Waals surface area contributed by atoms with Crippen molar-refractivity contribution in [3.63, 3.8) is 0 Å². The van der Waals surface area contributed by atoms with Crippen LogP contribution in [0.2, 0.25) is 0 Å². The van der Waals surface area contributed by atoms with Gasteiger partial charge in [-0.3, -0.25) is 19.3 Å². The Morgan fingerprint density at radius 1 is 1.09 bits per heavy atom. The summed E-state index contributed by atoms with van der Waals surface area (Å²) >= 11 is 0. The lowest BCUT2D eigenvalue weighted by Crippen LogP contribution is -2.65. The smallest absolute Gasteiger partial charge is 0.255 e. The maximum Gasteiger partial charge on any atom is 0.255 e. The van der Waals surface area contributed by atoms with Crippen LogP contribution in [0.25, 0.3) is 5.76 Å². The second kappa shape index (κ2) is 11.3. The number of amides is 1. The molecular formula is C32H38N4O8. The summed E-state index contributed by atoms with van der Waals surface area (Å²) in [6.07, 6.45) is 0.242. The number of primary amides is 1. The molecule has 3 aliphatic rings. The first-order valence-electron chi connectivity index (χ1n) is 14.3. The van der Waals surface area contributed by atoms with Crippen molar-refractivity contribution < 1.29 is 39.5 Å². The molecule has 0 spiro atoms. The molecule has 2 aromatic carbocycles. The second-order valence-electron chi connectivity index (χ2n) is 12.0. The van der Waals surface area contributed by atoms with E-state index < -0.39 is 58.0 Å². The normalized spacial score (nSPS) is 24.7. The molecule has 1 fully saturated rings. The van der Waals surface area contributed by atoms with Crippen molar-refractivity contribution in [2.75, 3.05) is 40.2 Å². The number of aliphatic hydroxyl groups excluding tert-OH is 2. The van der Waals surface area contributed by atoms with Gasteiger partial charge in [0.05, 0.1) is 18.7 Å². The third-order valence-electron chi connectivity index (χ3n) is 9.08. The highest BCUT2D eigenvalue weighted by Crippen LogP contribution is 2.54. The molecule has 1 unspecified atom stereocenters. The van der Waals surface area contributed by atoms with Crippen LogP contribution in [-0.4, -0.2) is 89.7 Å². The number of nitrogens with zero attached hydrogens (tertiary/aromatic N) is 2. The van der Waals surface area contributed by atoms with E-state index in [0.717, 1.165) is 5.56 Å². The first-order valence-corrected chi connectivity index (χ1v) is 14.3. The van der Waals surface area contributed by atoms with E-state index in [1.807, 2.05) is 49.3 Å². The van der Waals surface area contributed by atoms with Crippen LogP contribution in [0.4, 0.5) is 5.69 Å². The number of aliphatic hydroxyl groups is 3. The molecule has 0 radical (unpaired) electrons. The van der Waals surface area contributed by atoms with Crippen molar-refractivity contribution in [1.29, 1.82) is 0 Å². The fourth-order valence-corrected chi connectivity index (χ4v) is 7.06. The largest absolute Gasteiger partial charge is 0.508 e. The van der Waals surface area contributed by atoms with Crippen LogP contribution in [0.5, 0.6) is 11.5 Å². The van der Waals surface area contributed by atoms with E-state index >= 15 is 0 Å². The second-order valence-corrected chi connectivity index (χ2v) is 12.0. The summed E-state index contributed by atoms with van der Waals surface area (Å²) in [7, 11) is 8.38. The number of ketones is 2. The van der Waals surface area contributed by atoms with E-state index in [9.17, 15) is 34.8 Å². The minimum absolute atomic E-state index is 0.0294. The van der Waals surface area contributed by atoms with Gasteiger partial charge in [0.15, 0.2) is 11.4 Å². The van der Waals surface area contributed by atoms with Crippen LogP contribution in [0.1, 0.15) is 28.7 Å². The number of likely N-dealkylation sites (N-methyl/N-ethyl adjacent to an activating group) is 1. The van der Waals surface area contributed by atoms with Crippen LogP contribution in [0, 0.1) is 11.8 Å². The Hall–Kier alpha value is -4.39. The van der Waals surface area contributed by atoms with Crippen LogP contribution in [0.15, 0.2) is 47.2 Å². The third-order valence-corrected chi connectivity index (χ3v) is 9.08. The first-order chi connectivity index (χ1) is 20.7. The molecule has 4 atom stereocenters. The number of hydrogen-bond acceptors (Lipinski definition) is 11. The molecule has 2 aromatic rings. The van der Waals surface area contributed by atoms with Gasteiger partial charge in [0.25, 0.3) is 5.91 Å². The van der Waals surface area contributed by atoms with E-state index in [0.29, 0.717) is 29.1 Å². The molecule has 44 heavy (non-hydrogen) atoms. The number of rotatable bonds is 8. The number of fused-ring (bicyclic) bond motifs is 3. The summed E-state index contributed by atoms with van der Waals surface area (Å²) in [5.74, 6) is -6.02. The minimum atomic E-state index is -2.68. The van der Waals surface area contributed by atoms with Crippen molar-refractivity contribution in [2.45, 2.75) is 37.6 Å². The summed E-state index contributed by atoms with van der Waals surface area (Å²) in [6.45, 7) is 0.640. The Morgan fingerprint density at radius 2 is 1.75 bits per heavy atom. The molecule has 7 N–H and O–H groups in total. The molecule has 0 saturated heterocycles. The Kier molecular flexibility index (Phi) is 7.95. The zero-order chi connectivity index (χ0) is 32.2. The van der Waals surface area contributed by atoms with Gasteiger partial charge in [-0.15, -0.1) is 0 Å². The molecule has 1 saturated carbocycles. The van der Waals surface area contributed by atoms with E-state index in [2.05, 4.69) is 5.32 Å². The molecule has 5 rings (SSSR count). The van der Waals surface area contributed by atoms with Gasteiger partial charge in [0.1, 0.15) is 28.6 Å². The molecule has 1 amide bonds. The fraction of sp³-hybridized carbons (Fsp3) is 0.406. The number of Topliss-reactive ketones (excluding diaryl/α,β-unsaturated/α-hetero) is 2. The third kappa shape index (κ3) is 4.61. The lowest BCUT2D eigenvalue weighted by molar-refractivity contribution is -0.153. The number of nitrogens with one attached hydrogen (secondary N) is 1. The van der Waals surface area contributed by atoms with Crippen molar-refractivity contribution in [3.05, 3.63) is 69.5 Å². The standard InChI is InChI=1S/C32H38N4O8/c1-35(2)20-12-17(14-34-13-15-8-6-7-9-21(15)44-5)26(37)23-18(20)10-16-11-19-25(36(3)4)28(39)24(31(33)42)30(41)32(19,43)29(40)22(16)27(23)38/h6-9,12,16,19,25,34,37-38,41,43H,10-11,13-14H2,1-5H3,(H2,33,42)/t16-,19-,25?,32-/m0/s1. The number of hydrogen-bond donors (Lipinski definition) is 6. The number of anilines is 1. The average molecular weight is 607 g/mol. The van der Waals surface area contributed by atoms with Gasteiger partial charge in [-0.25, -0.2) is 0 Å². The lowest BCUT2D eigenvalue weighted by atomic mass is 9.57. The number of ether oxygens (including phenoxy) is 1. The molecule has 0 bridgehead atoms. The number of aromatic hydroxyl groups is 1. The van der Waals surface area contributed by atoms with Gasteiger partial charge in [-0.05, 0) is 50.6 Å². The SMILES string of the molecule is COc1ccccc1CNCc1cc(N(C)C)c2c(c1O)C(O)=C1C(=O)[C@]3(O)C(O)=C(C(N)=O)C(=O)C(N(C)C)[C@@H]3C[C@@H]1C2. The predicted molar refractivity (Wildman–Crippen MR) is 162 cm³/mol. The van der Waals surface area contributed by atoms with Crippen molar-refractivity contribution >= 4 is 28.9 Å². The summed E-state index contributed by atoms with van der Waals surface area (Å²) in [5, 5.41) is 49.3. The van der Waals surface area contributed by atoms with E-state index in [1.54, 1.807) is 21.2 Å². The zero-order valence-electron chi connectivity index (χ0n) is 25.3. The highest BCUT2D eigenvalue weighted by atomic mass is 16.5. The Bertz CT molecular complexity index is 1630. The van der Waals surface area contributed by atoms with Gasteiger partial charge < -0.3 is 41.1 Å². The molecule has 0 aliphatic heterocycles. The topological polar surface area (TPSA) is 186 Å². The van der Waals surface area contributed by atoms with E-state index in [-0.39, 0.29) is 36.3 Å².